The van der Waals surface area contributed by atoms with E-state index < -0.39 is 0 Å². The summed E-state index contributed by atoms with van der Waals surface area (Å²) in [7, 11) is 0. The Balaban J connectivity index is 1.95. The van der Waals surface area contributed by atoms with Crippen molar-refractivity contribution in [2.24, 2.45) is 0 Å². The van der Waals surface area contributed by atoms with Gasteiger partial charge in [-0.25, -0.2) is 4.98 Å². The van der Waals surface area contributed by atoms with Crippen LogP contribution in [0.1, 0.15) is 27.9 Å². The third-order valence-electron chi connectivity index (χ3n) is 1.99. The number of carbonyl (C=O) groups excluding carboxylic acids is 1. The minimum absolute atomic E-state index is 0.200. The van der Waals surface area contributed by atoms with Crippen molar-refractivity contribution in [2.75, 3.05) is 0 Å². The van der Waals surface area contributed by atoms with Crippen molar-refractivity contribution < 1.29 is 9.32 Å². The Bertz CT molecular complexity index is 520. The zero-order valence-electron chi connectivity index (χ0n) is 9.47. The van der Waals surface area contributed by atoms with E-state index in [2.05, 4.69) is 25.4 Å². The van der Waals surface area contributed by atoms with Gasteiger partial charge in [-0.3, -0.25) is 9.78 Å². The second-order valence-electron chi connectivity index (χ2n) is 3.46. The zero-order chi connectivity index (χ0) is 12.3. The molecule has 0 unspecified atom stereocenters. The Labute approximate surface area is 97.3 Å². The number of nitrogens with one attached hydrogen (secondary N) is 1. The summed E-state index contributed by atoms with van der Waals surface area (Å²) in [5.41, 5.74) is 1.02. The number of hydrogen-bond acceptors (Lipinski definition) is 6. The Hall–Kier alpha value is -2.31. The lowest BCUT2D eigenvalue weighted by Crippen LogP contribution is -2.24. The Morgan fingerprint density at radius 2 is 2.18 bits per heavy atom. The van der Waals surface area contributed by atoms with E-state index in [1.165, 1.54) is 12.4 Å². The summed E-state index contributed by atoms with van der Waals surface area (Å²) in [5.74, 6) is 0.570. The Kier molecular flexibility index (Phi) is 3.08. The summed E-state index contributed by atoms with van der Waals surface area (Å²) in [6.07, 6.45) is 2.96. The predicted octanol–water partition coefficient (Wildman–Crippen LogP) is 0.406. The summed E-state index contributed by atoms with van der Waals surface area (Å²) < 4.78 is 4.78. The van der Waals surface area contributed by atoms with Crippen LogP contribution in [0.3, 0.4) is 0 Å². The molecule has 0 bridgehead atoms. The van der Waals surface area contributed by atoms with E-state index in [9.17, 15) is 4.79 Å². The first-order valence-electron chi connectivity index (χ1n) is 5.01. The van der Waals surface area contributed by atoms with Crippen molar-refractivity contribution in [1.82, 2.24) is 25.4 Å². The van der Waals surface area contributed by atoms with Crippen molar-refractivity contribution in [3.05, 3.63) is 35.5 Å². The molecule has 0 radical (unpaired) electrons. The van der Waals surface area contributed by atoms with E-state index in [4.69, 9.17) is 4.52 Å². The SMILES string of the molecule is Cc1cnc(C(=O)NCc2noc(C)n2)cn1. The quantitative estimate of drug-likeness (QED) is 0.825. The van der Waals surface area contributed by atoms with Crippen LogP contribution in [-0.4, -0.2) is 26.0 Å². The minimum Gasteiger partial charge on any atom is -0.343 e. The fraction of sp³-hybridized carbons (Fsp3) is 0.300. The first-order valence-corrected chi connectivity index (χ1v) is 5.01. The van der Waals surface area contributed by atoms with Gasteiger partial charge in [-0.1, -0.05) is 5.16 Å². The largest absolute Gasteiger partial charge is 0.343 e. The molecule has 0 aliphatic rings. The van der Waals surface area contributed by atoms with Crippen LogP contribution in [0, 0.1) is 13.8 Å². The molecule has 0 saturated heterocycles. The summed E-state index contributed by atoms with van der Waals surface area (Å²) in [5, 5.41) is 6.28. The van der Waals surface area contributed by atoms with Crippen molar-refractivity contribution in [2.45, 2.75) is 20.4 Å². The molecule has 7 heteroatoms. The summed E-state index contributed by atoms with van der Waals surface area (Å²) in [4.78, 5) is 23.5. The van der Waals surface area contributed by atoms with Gasteiger partial charge in [0.1, 0.15) is 5.69 Å². The van der Waals surface area contributed by atoms with Gasteiger partial charge in [-0.2, -0.15) is 4.98 Å². The monoisotopic (exact) mass is 233 g/mol. The second-order valence-corrected chi connectivity index (χ2v) is 3.46. The van der Waals surface area contributed by atoms with Gasteiger partial charge in [0.2, 0.25) is 5.89 Å². The molecule has 88 valence electrons. The standard InChI is InChI=1S/C10H11N5O2/c1-6-3-12-8(4-11-6)10(16)13-5-9-14-7(2)17-15-9/h3-4H,5H2,1-2H3,(H,13,16). The summed E-state index contributed by atoms with van der Waals surface area (Å²) >= 11 is 0. The van der Waals surface area contributed by atoms with Gasteiger partial charge < -0.3 is 9.84 Å². The lowest BCUT2D eigenvalue weighted by molar-refractivity contribution is 0.0944. The van der Waals surface area contributed by atoms with E-state index >= 15 is 0 Å². The fourth-order valence-corrected chi connectivity index (χ4v) is 1.17. The lowest BCUT2D eigenvalue weighted by Gasteiger charge is -2.01. The van der Waals surface area contributed by atoms with Crippen LogP contribution in [0.2, 0.25) is 0 Å². The third kappa shape index (κ3) is 2.83. The zero-order valence-corrected chi connectivity index (χ0v) is 9.47. The first kappa shape index (κ1) is 11.2. The number of hydrogen-bond donors (Lipinski definition) is 1. The highest BCUT2D eigenvalue weighted by atomic mass is 16.5. The minimum atomic E-state index is -0.319. The lowest BCUT2D eigenvalue weighted by atomic mass is 10.4. The molecule has 1 N–H and O–H groups in total. The maximum atomic E-state index is 11.6. The van der Waals surface area contributed by atoms with E-state index in [1.807, 2.05) is 0 Å². The number of amides is 1. The van der Waals surface area contributed by atoms with Crippen LogP contribution in [0.5, 0.6) is 0 Å². The van der Waals surface area contributed by atoms with Crippen LogP contribution in [-0.2, 0) is 6.54 Å². The number of rotatable bonds is 3. The number of aryl methyl sites for hydroxylation is 2. The van der Waals surface area contributed by atoms with Crippen molar-refractivity contribution >= 4 is 5.91 Å². The van der Waals surface area contributed by atoms with Crippen molar-refractivity contribution in [3.63, 3.8) is 0 Å². The van der Waals surface area contributed by atoms with Crippen molar-refractivity contribution in [3.8, 4) is 0 Å². The molecule has 1 amide bonds. The van der Waals surface area contributed by atoms with E-state index in [0.29, 0.717) is 11.7 Å². The normalized spacial score (nSPS) is 10.2. The number of nitrogens with zero attached hydrogens (tertiary/aromatic N) is 4. The van der Waals surface area contributed by atoms with Crippen LogP contribution in [0.4, 0.5) is 0 Å². The Morgan fingerprint density at radius 1 is 1.35 bits per heavy atom. The van der Waals surface area contributed by atoms with Crippen molar-refractivity contribution in [1.29, 1.82) is 0 Å². The molecule has 0 fully saturated rings. The summed E-state index contributed by atoms with van der Waals surface area (Å²) in [6, 6.07) is 0. The number of carbonyl (C=O) groups is 1. The second kappa shape index (κ2) is 4.69. The molecular weight excluding hydrogens is 222 g/mol. The van der Waals surface area contributed by atoms with Gasteiger partial charge in [-0.05, 0) is 6.92 Å². The highest BCUT2D eigenvalue weighted by Gasteiger charge is 2.09. The molecule has 0 aromatic carbocycles. The molecule has 7 nitrogen and oxygen atoms in total. The van der Waals surface area contributed by atoms with Crippen LogP contribution < -0.4 is 5.32 Å². The molecule has 0 aliphatic heterocycles. The van der Waals surface area contributed by atoms with Gasteiger partial charge in [0.05, 0.1) is 18.4 Å². The maximum absolute atomic E-state index is 11.6. The van der Waals surface area contributed by atoms with Gasteiger partial charge in [0.15, 0.2) is 5.82 Å². The fourth-order valence-electron chi connectivity index (χ4n) is 1.17. The predicted molar refractivity (Wildman–Crippen MR) is 57.0 cm³/mol. The third-order valence-corrected chi connectivity index (χ3v) is 1.99. The molecule has 2 heterocycles. The Morgan fingerprint density at radius 3 is 2.76 bits per heavy atom. The number of aromatic nitrogens is 4. The highest BCUT2D eigenvalue weighted by Crippen LogP contribution is 1.97. The van der Waals surface area contributed by atoms with Crippen LogP contribution >= 0.6 is 0 Å². The van der Waals surface area contributed by atoms with E-state index in [0.717, 1.165) is 5.69 Å². The van der Waals surface area contributed by atoms with Gasteiger partial charge in [0.25, 0.3) is 5.91 Å². The molecule has 2 rings (SSSR count). The summed E-state index contributed by atoms with van der Waals surface area (Å²) in [6.45, 7) is 3.69. The van der Waals surface area contributed by atoms with E-state index in [1.54, 1.807) is 13.8 Å². The van der Waals surface area contributed by atoms with Crippen LogP contribution in [0.25, 0.3) is 0 Å². The molecule has 0 spiro atoms. The van der Waals surface area contributed by atoms with Gasteiger partial charge in [-0.15, -0.1) is 0 Å². The van der Waals surface area contributed by atoms with E-state index in [-0.39, 0.29) is 18.1 Å². The average molecular weight is 233 g/mol. The molecule has 2 aromatic rings. The topological polar surface area (TPSA) is 93.8 Å². The highest BCUT2D eigenvalue weighted by molar-refractivity contribution is 5.91. The average Bonchev–Trinajstić information content (AvgIpc) is 2.73. The molecule has 0 saturated carbocycles. The smallest absolute Gasteiger partial charge is 0.271 e. The molecule has 0 atom stereocenters. The molecule has 17 heavy (non-hydrogen) atoms. The molecule has 0 aliphatic carbocycles. The maximum Gasteiger partial charge on any atom is 0.271 e. The van der Waals surface area contributed by atoms with Gasteiger partial charge >= 0.3 is 0 Å². The van der Waals surface area contributed by atoms with Crippen LogP contribution in [0.15, 0.2) is 16.9 Å². The van der Waals surface area contributed by atoms with Gasteiger partial charge in [0, 0.05) is 13.1 Å². The molecule has 2 aromatic heterocycles. The molecular formula is C10H11N5O2. The first-order chi connectivity index (χ1) is 8.15.